The van der Waals surface area contributed by atoms with Gasteiger partial charge in [0.25, 0.3) is 0 Å². The van der Waals surface area contributed by atoms with Crippen LogP contribution in [0.5, 0.6) is 17.2 Å². The Labute approximate surface area is 212 Å². The summed E-state index contributed by atoms with van der Waals surface area (Å²) in [7, 11) is -2.29. The van der Waals surface area contributed by atoms with Gasteiger partial charge in [0, 0.05) is 18.7 Å². The molecule has 196 valence electrons. The molecule has 2 aromatic rings. The molecule has 0 spiro atoms. The zero-order valence-electron chi connectivity index (χ0n) is 21.2. The monoisotopic (exact) mass is 519 g/mol. The summed E-state index contributed by atoms with van der Waals surface area (Å²) in [6.07, 6.45) is 1.03. The third-order valence-electron chi connectivity index (χ3n) is 5.60. The van der Waals surface area contributed by atoms with Gasteiger partial charge in [-0.2, -0.15) is 0 Å². The molecule has 10 nitrogen and oxygen atoms in total. The molecule has 0 saturated heterocycles. The fourth-order valence-electron chi connectivity index (χ4n) is 3.72. The molecule has 1 heterocycles. The van der Waals surface area contributed by atoms with E-state index < -0.39 is 28.5 Å². The molecule has 2 aromatic carbocycles. The van der Waals surface area contributed by atoms with E-state index in [1.54, 1.807) is 50.4 Å². The van der Waals surface area contributed by atoms with Gasteiger partial charge in [0.15, 0.2) is 11.5 Å². The third-order valence-corrected chi connectivity index (χ3v) is 6.74. The van der Waals surface area contributed by atoms with Crippen molar-refractivity contribution in [3.63, 3.8) is 0 Å². The first kappa shape index (κ1) is 27.1. The van der Waals surface area contributed by atoms with E-state index in [2.05, 4.69) is 5.32 Å². The van der Waals surface area contributed by atoms with Crippen molar-refractivity contribution in [2.75, 3.05) is 37.4 Å². The lowest BCUT2D eigenvalue weighted by Crippen LogP contribution is -2.52. The topological polar surface area (TPSA) is 114 Å². The van der Waals surface area contributed by atoms with Crippen molar-refractivity contribution in [3.05, 3.63) is 48.0 Å². The number of carbonyl (C=O) groups is 2. The Morgan fingerprint density at radius 3 is 2.25 bits per heavy atom. The zero-order valence-corrected chi connectivity index (χ0v) is 22.0. The number of ether oxygens (including phenoxy) is 3. The van der Waals surface area contributed by atoms with Crippen molar-refractivity contribution in [1.29, 1.82) is 0 Å². The van der Waals surface area contributed by atoms with E-state index in [1.807, 2.05) is 13.8 Å². The van der Waals surface area contributed by atoms with Crippen LogP contribution in [0.25, 0.3) is 0 Å². The van der Waals surface area contributed by atoms with E-state index >= 15 is 0 Å². The maximum absolute atomic E-state index is 13.6. The van der Waals surface area contributed by atoms with Gasteiger partial charge in [-0.05, 0) is 50.6 Å². The Bertz CT molecular complexity index is 1180. The van der Waals surface area contributed by atoms with Gasteiger partial charge in [-0.25, -0.2) is 8.42 Å². The van der Waals surface area contributed by atoms with Gasteiger partial charge in [0.05, 0.1) is 19.1 Å². The number of anilines is 1. The minimum atomic E-state index is -3.85. The molecule has 0 fully saturated rings. The summed E-state index contributed by atoms with van der Waals surface area (Å²) < 4.78 is 42.7. The minimum absolute atomic E-state index is 0.105. The number of fused-ring (bicyclic) bond motifs is 1. The molecular formula is C25H33N3O7S. The van der Waals surface area contributed by atoms with E-state index in [4.69, 9.17) is 14.2 Å². The maximum Gasteiger partial charge on any atom is 0.244 e. The zero-order chi connectivity index (χ0) is 26.5. The quantitative estimate of drug-likeness (QED) is 0.512. The number of amides is 2. The van der Waals surface area contributed by atoms with Crippen LogP contribution in [-0.2, 0) is 26.2 Å². The van der Waals surface area contributed by atoms with Crippen molar-refractivity contribution in [3.8, 4) is 17.2 Å². The largest absolute Gasteiger partial charge is 0.497 e. The highest BCUT2D eigenvalue weighted by molar-refractivity contribution is 7.92. The molecule has 2 amide bonds. The van der Waals surface area contributed by atoms with E-state index in [-0.39, 0.29) is 24.2 Å². The molecule has 0 bridgehead atoms. The number of nitrogens with one attached hydrogen (secondary N) is 1. The highest BCUT2D eigenvalue weighted by Crippen LogP contribution is 2.34. The first-order valence-electron chi connectivity index (χ1n) is 11.6. The van der Waals surface area contributed by atoms with Gasteiger partial charge in [0.2, 0.25) is 21.8 Å². The molecule has 0 radical (unpaired) electrons. The molecule has 3 rings (SSSR count). The average molecular weight is 520 g/mol. The van der Waals surface area contributed by atoms with Crippen LogP contribution >= 0.6 is 0 Å². The summed E-state index contributed by atoms with van der Waals surface area (Å²) in [5.41, 5.74) is 1.03. The highest BCUT2D eigenvalue weighted by atomic mass is 32.2. The second-order valence-corrected chi connectivity index (χ2v) is 10.7. The summed E-state index contributed by atoms with van der Waals surface area (Å²) >= 11 is 0. The van der Waals surface area contributed by atoms with Crippen LogP contribution in [0.15, 0.2) is 42.5 Å². The number of methoxy groups -OCH3 is 1. The summed E-state index contributed by atoms with van der Waals surface area (Å²) in [5.74, 6) is 0.697. The SMILES string of the molecule is COc1ccc(CN(C(=O)CN(c2ccc3c(c2)OCCO3)S(C)(=O)=O)[C@H](C)C(=O)NC(C)C)cc1. The van der Waals surface area contributed by atoms with Gasteiger partial charge in [-0.3, -0.25) is 13.9 Å². The Morgan fingerprint density at radius 1 is 1.03 bits per heavy atom. The smallest absolute Gasteiger partial charge is 0.244 e. The van der Waals surface area contributed by atoms with Crippen molar-refractivity contribution in [2.45, 2.75) is 39.4 Å². The lowest BCUT2D eigenvalue weighted by Gasteiger charge is -2.32. The van der Waals surface area contributed by atoms with Gasteiger partial charge in [-0.1, -0.05) is 12.1 Å². The number of nitrogens with zero attached hydrogens (tertiary/aromatic N) is 2. The normalized spacial score (nSPS) is 13.6. The molecule has 1 aliphatic heterocycles. The minimum Gasteiger partial charge on any atom is -0.497 e. The van der Waals surface area contributed by atoms with E-state index in [0.29, 0.717) is 30.5 Å². The number of rotatable bonds is 10. The van der Waals surface area contributed by atoms with Crippen LogP contribution in [0.3, 0.4) is 0 Å². The van der Waals surface area contributed by atoms with Gasteiger partial charge < -0.3 is 24.4 Å². The Hall–Kier alpha value is -3.47. The van der Waals surface area contributed by atoms with Crippen LogP contribution in [-0.4, -0.2) is 70.3 Å². The fourth-order valence-corrected chi connectivity index (χ4v) is 4.56. The molecular weight excluding hydrogens is 486 g/mol. The third kappa shape index (κ3) is 6.81. The van der Waals surface area contributed by atoms with Crippen LogP contribution < -0.4 is 23.8 Å². The van der Waals surface area contributed by atoms with Crippen molar-refractivity contribution >= 4 is 27.5 Å². The van der Waals surface area contributed by atoms with Gasteiger partial charge >= 0.3 is 0 Å². The van der Waals surface area contributed by atoms with E-state index in [1.165, 1.54) is 11.0 Å². The number of sulfonamides is 1. The highest BCUT2D eigenvalue weighted by Gasteiger charge is 2.31. The Kier molecular flexibility index (Phi) is 8.67. The average Bonchev–Trinajstić information content (AvgIpc) is 2.84. The molecule has 0 saturated carbocycles. The summed E-state index contributed by atoms with van der Waals surface area (Å²) in [6, 6.07) is 10.8. The standard InChI is InChI=1S/C25H33N3O7S/c1-17(2)26-25(30)18(3)27(15-19-6-9-21(33-4)10-7-19)24(29)16-28(36(5,31)32)20-8-11-22-23(14-20)35-13-12-34-22/h6-11,14,17-18H,12-13,15-16H2,1-5H3,(H,26,30)/t18-/m1/s1. The molecule has 11 heteroatoms. The molecule has 0 aliphatic carbocycles. The molecule has 0 unspecified atom stereocenters. The predicted molar refractivity (Wildman–Crippen MR) is 136 cm³/mol. The maximum atomic E-state index is 13.6. The first-order chi connectivity index (χ1) is 17.0. The van der Waals surface area contributed by atoms with E-state index in [9.17, 15) is 18.0 Å². The van der Waals surface area contributed by atoms with Gasteiger partial charge in [0.1, 0.15) is 31.5 Å². The summed E-state index contributed by atoms with van der Waals surface area (Å²) in [4.78, 5) is 27.8. The Balaban J connectivity index is 1.91. The van der Waals surface area contributed by atoms with Crippen molar-refractivity contribution in [2.24, 2.45) is 0 Å². The van der Waals surface area contributed by atoms with Crippen LogP contribution in [0, 0.1) is 0 Å². The number of benzene rings is 2. The summed E-state index contributed by atoms with van der Waals surface area (Å²) in [6.45, 7) is 5.63. The molecule has 1 N–H and O–H groups in total. The lowest BCUT2D eigenvalue weighted by atomic mass is 10.1. The second-order valence-electron chi connectivity index (χ2n) is 8.81. The molecule has 0 aromatic heterocycles. The predicted octanol–water partition coefficient (Wildman–Crippen LogP) is 2.17. The molecule has 1 aliphatic rings. The molecule has 1 atom stereocenters. The number of carbonyl (C=O) groups excluding carboxylic acids is 2. The number of hydrogen-bond acceptors (Lipinski definition) is 7. The second kappa shape index (κ2) is 11.5. The molecule has 36 heavy (non-hydrogen) atoms. The van der Waals surface area contributed by atoms with Crippen molar-refractivity contribution < 1.29 is 32.2 Å². The summed E-state index contributed by atoms with van der Waals surface area (Å²) in [5, 5.41) is 2.82. The Morgan fingerprint density at radius 2 is 1.67 bits per heavy atom. The fraction of sp³-hybridized carbons (Fsp3) is 0.440. The lowest BCUT2D eigenvalue weighted by molar-refractivity contribution is -0.139. The van der Waals surface area contributed by atoms with E-state index in [0.717, 1.165) is 16.1 Å². The number of hydrogen-bond donors (Lipinski definition) is 1. The van der Waals surface area contributed by atoms with Crippen LogP contribution in [0.4, 0.5) is 5.69 Å². The first-order valence-corrected chi connectivity index (χ1v) is 13.4. The van der Waals surface area contributed by atoms with Gasteiger partial charge in [-0.15, -0.1) is 0 Å². The van der Waals surface area contributed by atoms with Crippen molar-refractivity contribution in [1.82, 2.24) is 10.2 Å². The van der Waals surface area contributed by atoms with Crippen LogP contribution in [0.2, 0.25) is 0 Å². The van der Waals surface area contributed by atoms with Crippen LogP contribution in [0.1, 0.15) is 26.3 Å².